The second-order valence-corrected chi connectivity index (χ2v) is 8.17. The molecule has 2 aromatic carbocycles. The Balaban J connectivity index is 0.000000161. The van der Waals surface area contributed by atoms with Crippen LogP contribution in [0.1, 0.15) is 29.5 Å². The molecule has 2 atom stereocenters. The predicted octanol–water partition coefficient (Wildman–Crippen LogP) is 3.67. The lowest BCUT2D eigenvalue weighted by atomic mass is 9.77. The molecule has 2 aliphatic rings. The van der Waals surface area contributed by atoms with Crippen LogP contribution in [0.3, 0.4) is 0 Å². The van der Waals surface area contributed by atoms with Crippen molar-refractivity contribution in [3.63, 3.8) is 0 Å². The highest BCUT2D eigenvalue weighted by Crippen LogP contribution is 2.41. The molecule has 0 radical (unpaired) electrons. The van der Waals surface area contributed by atoms with Crippen LogP contribution < -0.4 is 5.73 Å². The Hall–Kier alpha value is -2.76. The average Bonchev–Trinajstić information content (AvgIpc) is 3.11. The van der Waals surface area contributed by atoms with Crippen molar-refractivity contribution in [3.8, 4) is 11.5 Å². The van der Waals surface area contributed by atoms with Crippen molar-refractivity contribution in [2.45, 2.75) is 31.7 Å². The van der Waals surface area contributed by atoms with Gasteiger partial charge in [-0.2, -0.15) is 0 Å². The third-order valence-corrected chi connectivity index (χ3v) is 6.02. The van der Waals surface area contributed by atoms with Gasteiger partial charge in [0.1, 0.15) is 0 Å². The third-order valence-electron chi connectivity index (χ3n) is 6.02. The molecule has 1 aromatic heterocycles. The Morgan fingerprint density at radius 3 is 2.76 bits per heavy atom. The summed E-state index contributed by atoms with van der Waals surface area (Å²) in [7, 11) is 2.26. The number of likely N-dealkylation sites (N-methyl/N-ethyl adjacent to an activating group) is 1. The smallest absolute Gasteiger partial charge is 0.157 e. The highest BCUT2D eigenvalue weighted by molar-refractivity contribution is 5.88. The van der Waals surface area contributed by atoms with Crippen LogP contribution in [-0.4, -0.2) is 46.3 Å². The molecule has 5 nitrogen and oxygen atoms in total. The molecule has 0 unspecified atom stereocenters. The number of aromatic amines is 1. The van der Waals surface area contributed by atoms with E-state index in [0.29, 0.717) is 24.9 Å². The Bertz CT molecular complexity index is 1050. The van der Waals surface area contributed by atoms with Crippen LogP contribution in [0.4, 0.5) is 0 Å². The highest BCUT2D eigenvalue weighted by atomic mass is 16.3. The van der Waals surface area contributed by atoms with Gasteiger partial charge in [0.25, 0.3) is 0 Å². The summed E-state index contributed by atoms with van der Waals surface area (Å²) in [5.74, 6) is 0.387. The van der Waals surface area contributed by atoms with Gasteiger partial charge in [-0.3, -0.25) is 4.90 Å². The standard InChI is InChI=1S/C16H18N2.C8H11NO2/c1-10-6-13-12-4-3-5-14-16(12)11(8-17-14)7-15(13)18(2)9-10;9-4-3-6-1-2-7(10)8(11)5-6/h3-6,8,13,15,17H,7,9H2,1-2H3;1-2,5,10-11H,3-4,9H2/t13-,15-;/m1./s1. The van der Waals surface area contributed by atoms with Crippen molar-refractivity contribution in [2.24, 2.45) is 5.73 Å². The van der Waals surface area contributed by atoms with Crippen molar-refractivity contribution in [1.29, 1.82) is 0 Å². The number of nitrogens with zero attached hydrogens (tertiary/aromatic N) is 1. The minimum absolute atomic E-state index is 0.0871. The maximum Gasteiger partial charge on any atom is 0.157 e. The van der Waals surface area contributed by atoms with E-state index in [-0.39, 0.29) is 11.5 Å². The summed E-state index contributed by atoms with van der Waals surface area (Å²) < 4.78 is 0. The van der Waals surface area contributed by atoms with Crippen molar-refractivity contribution < 1.29 is 10.2 Å². The van der Waals surface area contributed by atoms with E-state index in [4.69, 9.17) is 15.9 Å². The molecule has 2 heterocycles. The van der Waals surface area contributed by atoms with Gasteiger partial charge in [-0.25, -0.2) is 0 Å². The number of hydrogen-bond donors (Lipinski definition) is 4. The number of phenolic OH excluding ortho intramolecular Hbond substituents is 2. The molecule has 0 saturated carbocycles. The Morgan fingerprint density at radius 1 is 1.17 bits per heavy atom. The topological polar surface area (TPSA) is 85.5 Å². The van der Waals surface area contributed by atoms with E-state index in [1.165, 1.54) is 46.2 Å². The van der Waals surface area contributed by atoms with Gasteiger partial charge in [0.2, 0.25) is 0 Å². The lowest BCUT2D eigenvalue weighted by Crippen LogP contribution is -2.43. The first-order valence-corrected chi connectivity index (χ1v) is 10.1. The molecule has 152 valence electrons. The van der Waals surface area contributed by atoms with E-state index in [2.05, 4.69) is 54.3 Å². The molecule has 5 heteroatoms. The number of H-pyrrole nitrogens is 1. The molecular weight excluding hydrogens is 362 g/mol. The average molecular weight is 392 g/mol. The molecule has 5 N–H and O–H groups in total. The van der Waals surface area contributed by atoms with Gasteiger partial charge in [-0.1, -0.05) is 29.8 Å². The quantitative estimate of drug-likeness (QED) is 0.397. The van der Waals surface area contributed by atoms with Crippen LogP contribution in [-0.2, 0) is 12.8 Å². The summed E-state index contributed by atoms with van der Waals surface area (Å²) in [4.78, 5) is 5.93. The molecule has 0 bridgehead atoms. The lowest BCUT2D eigenvalue weighted by molar-refractivity contribution is 0.224. The molecule has 1 aliphatic heterocycles. The van der Waals surface area contributed by atoms with E-state index in [0.717, 1.165) is 12.1 Å². The van der Waals surface area contributed by atoms with E-state index >= 15 is 0 Å². The van der Waals surface area contributed by atoms with Gasteiger partial charge in [0, 0.05) is 35.6 Å². The highest BCUT2D eigenvalue weighted by Gasteiger charge is 2.34. The number of aromatic nitrogens is 1. The molecule has 5 rings (SSSR count). The first-order chi connectivity index (χ1) is 14.0. The maximum absolute atomic E-state index is 9.04. The van der Waals surface area contributed by atoms with Crippen LogP contribution >= 0.6 is 0 Å². The Morgan fingerprint density at radius 2 is 2.00 bits per heavy atom. The van der Waals surface area contributed by atoms with Crippen LogP contribution in [0.15, 0.2) is 54.2 Å². The zero-order chi connectivity index (χ0) is 20.5. The normalized spacial score (nSPS) is 20.6. The second-order valence-electron chi connectivity index (χ2n) is 8.17. The van der Waals surface area contributed by atoms with E-state index < -0.39 is 0 Å². The largest absolute Gasteiger partial charge is 0.504 e. The van der Waals surface area contributed by atoms with Gasteiger partial charge < -0.3 is 20.9 Å². The number of phenols is 2. The fourth-order valence-electron chi connectivity index (χ4n) is 4.68. The number of rotatable bonds is 2. The molecule has 1 aliphatic carbocycles. The lowest BCUT2D eigenvalue weighted by Gasteiger charge is -2.40. The van der Waals surface area contributed by atoms with Gasteiger partial charge in [0.15, 0.2) is 11.5 Å². The van der Waals surface area contributed by atoms with Gasteiger partial charge in [0.05, 0.1) is 0 Å². The van der Waals surface area contributed by atoms with Gasteiger partial charge in [-0.05, 0) is 68.2 Å². The van der Waals surface area contributed by atoms with E-state index in [9.17, 15) is 0 Å². The predicted molar refractivity (Wildman–Crippen MR) is 117 cm³/mol. The monoisotopic (exact) mass is 391 g/mol. The zero-order valence-electron chi connectivity index (χ0n) is 17.0. The summed E-state index contributed by atoms with van der Waals surface area (Å²) in [6.45, 7) is 3.90. The minimum Gasteiger partial charge on any atom is -0.504 e. The minimum atomic E-state index is -0.0919. The first-order valence-electron chi connectivity index (χ1n) is 10.1. The Kier molecular flexibility index (Phi) is 5.35. The molecular formula is C24H29N3O2. The van der Waals surface area contributed by atoms with Gasteiger partial charge >= 0.3 is 0 Å². The van der Waals surface area contributed by atoms with Crippen molar-refractivity contribution in [3.05, 3.63) is 70.9 Å². The fraction of sp³-hybridized carbons (Fsp3) is 0.333. The molecule has 0 spiro atoms. The van der Waals surface area contributed by atoms with Crippen molar-refractivity contribution in [1.82, 2.24) is 9.88 Å². The van der Waals surface area contributed by atoms with Crippen LogP contribution in [0.25, 0.3) is 10.9 Å². The van der Waals surface area contributed by atoms with Crippen LogP contribution in [0, 0.1) is 0 Å². The number of nitrogens with one attached hydrogen (secondary N) is 1. The number of aromatic hydroxyl groups is 2. The maximum atomic E-state index is 9.04. The Labute approximate surface area is 171 Å². The SMILES string of the molecule is CC1=C[C@@H]2c3cccc4[nH]cc(c34)C[C@H]2N(C)C1.NCCc1ccc(O)c(O)c1. The second kappa shape index (κ2) is 7.93. The number of benzene rings is 2. The summed E-state index contributed by atoms with van der Waals surface area (Å²) in [5.41, 5.74) is 12.0. The zero-order valence-corrected chi connectivity index (χ0v) is 17.0. The summed E-state index contributed by atoms with van der Waals surface area (Å²) in [6.07, 6.45) is 6.56. The molecule has 29 heavy (non-hydrogen) atoms. The molecule has 0 amide bonds. The summed E-state index contributed by atoms with van der Waals surface area (Å²) >= 11 is 0. The summed E-state index contributed by atoms with van der Waals surface area (Å²) in [6, 6.07) is 12.0. The number of hydrogen-bond acceptors (Lipinski definition) is 4. The van der Waals surface area contributed by atoms with E-state index in [1.54, 1.807) is 6.07 Å². The number of fused-ring (bicyclic) bond motifs is 2. The van der Waals surface area contributed by atoms with Gasteiger partial charge in [-0.15, -0.1) is 0 Å². The summed E-state index contributed by atoms with van der Waals surface area (Å²) in [5, 5.41) is 19.4. The molecule has 0 saturated heterocycles. The van der Waals surface area contributed by atoms with Crippen LogP contribution in [0.2, 0.25) is 0 Å². The third kappa shape index (κ3) is 3.76. The first kappa shape index (κ1) is 19.6. The van der Waals surface area contributed by atoms with Crippen LogP contribution in [0.5, 0.6) is 11.5 Å². The molecule has 3 aromatic rings. The van der Waals surface area contributed by atoms with Crippen molar-refractivity contribution in [2.75, 3.05) is 20.1 Å². The fourth-order valence-corrected chi connectivity index (χ4v) is 4.68. The van der Waals surface area contributed by atoms with Crippen molar-refractivity contribution >= 4 is 10.9 Å². The molecule has 0 fully saturated rings. The van der Waals surface area contributed by atoms with E-state index in [1.807, 2.05) is 0 Å². The number of nitrogens with two attached hydrogens (primary N) is 1.